The van der Waals surface area contributed by atoms with Gasteiger partial charge in [0.15, 0.2) is 0 Å². The topological polar surface area (TPSA) is 127 Å². The van der Waals surface area contributed by atoms with E-state index < -0.39 is 0 Å². The highest BCUT2D eigenvalue weighted by Crippen LogP contribution is 2.27. The molecule has 3 heterocycles. The third-order valence-corrected chi connectivity index (χ3v) is 5.05. The molecule has 1 aromatic rings. The zero-order valence-electron chi connectivity index (χ0n) is 17.6. The van der Waals surface area contributed by atoms with Crippen molar-refractivity contribution in [3.05, 3.63) is 29.1 Å². The lowest BCUT2D eigenvalue weighted by atomic mass is 10.1. The summed E-state index contributed by atoms with van der Waals surface area (Å²) in [5, 5.41) is 1.35. The van der Waals surface area contributed by atoms with Crippen molar-refractivity contribution >= 4 is 29.4 Å². The van der Waals surface area contributed by atoms with Crippen molar-refractivity contribution in [1.29, 1.82) is 0 Å². The molecule has 0 bridgehead atoms. The third-order valence-electron chi connectivity index (χ3n) is 5.05. The van der Waals surface area contributed by atoms with E-state index in [4.69, 9.17) is 16.3 Å². The zero-order valence-corrected chi connectivity index (χ0v) is 17.6. The van der Waals surface area contributed by atoms with E-state index in [0.29, 0.717) is 48.8 Å². The Labute approximate surface area is 176 Å². The molecular weight excluding hydrogens is 384 g/mol. The lowest BCUT2D eigenvalue weighted by Crippen LogP contribution is -2.45. The van der Waals surface area contributed by atoms with Crippen molar-refractivity contribution in [3.8, 4) is 0 Å². The van der Waals surface area contributed by atoms with Crippen LogP contribution in [-0.4, -0.2) is 64.9 Å². The van der Waals surface area contributed by atoms with Crippen molar-refractivity contribution in [2.45, 2.75) is 45.6 Å². The number of nitrogens with zero attached hydrogens (tertiary/aromatic N) is 4. The van der Waals surface area contributed by atoms with Gasteiger partial charge in [-0.3, -0.25) is 19.4 Å². The van der Waals surface area contributed by atoms with E-state index in [1.807, 2.05) is 13.8 Å². The molecule has 3 rings (SSSR count). The quantitative estimate of drug-likeness (QED) is 0.681. The maximum atomic E-state index is 12.9. The van der Waals surface area contributed by atoms with Gasteiger partial charge < -0.3 is 16.4 Å². The van der Waals surface area contributed by atoms with Crippen LogP contribution in [0.4, 0.5) is 5.69 Å². The summed E-state index contributed by atoms with van der Waals surface area (Å²) in [7, 11) is 0. The number of fused-ring (bicyclic) bond motifs is 1. The van der Waals surface area contributed by atoms with Crippen molar-refractivity contribution < 1.29 is 14.4 Å². The molecule has 0 aromatic carbocycles. The first-order chi connectivity index (χ1) is 14.4. The van der Waals surface area contributed by atoms with Crippen LogP contribution in [0.2, 0.25) is 0 Å². The molecular formula is C21H30N6O3. The summed E-state index contributed by atoms with van der Waals surface area (Å²) >= 11 is 0. The summed E-state index contributed by atoms with van der Waals surface area (Å²) in [4.78, 5) is 41.8. The van der Waals surface area contributed by atoms with Crippen LogP contribution in [0.5, 0.6) is 0 Å². The number of likely N-dealkylation sites (tertiary alicyclic amines) is 1. The number of rotatable bonds is 6. The molecule has 0 radical (unpaired) electrons. The molecule has 2 aliphatic heterocycles. The number of carbonyl (C=O) groups is 2. The minimum absolute atomic E-state index is 0.00179. The number of amidine groups is 1. The largest absolute Gasteiger partial charge is 0.387 e. The first kappa shape index (κ1) is 21.9. The fraction of sp³-hybridized carbons (Fsp3) is 0.524. The smallest absolute Gasteiger partial charge is 0.273 e. The number of piperidine rings is 1. The van der Waals surface area contributed by atoms with Gasteiger partial charge in [0, 0.05) is 43.9 Å². The summed E-state index contributed by atoms with van der Waals surface area (Å²) in [5.41, 5.74) is 13.9. The fourth-order valence-corrected chi connectivity index (χ4v) is 3.65. The minimum atomic E-state index is -0.256. The first-order valence-corrected chi connectivity index (χ1v) is 10.5. The lowest BCUT2D eigenvalue weighted by molar-refractivity contribution is -0.180. The molecule has 0 aliphatic carbocycles. The Morgan fingerprint density at radius 2 is 2.17 bits per heavy atom. The molecule has 1 atom stereocenters. The van der Waals surface area contributed by atoms with E-state index in [-0.39, 0.29) is 30.1 Å². The number of hydrogen-bond acceptors (Lipinski definition) is 7. The second-order valence-corrected chi connectivity index (χ2v) is 7.56. The number of amides is 2. The predicted molar refractivity (Wildman–Crippen MR) is 115 cm³/mol. The summed E-state index contributed by atoms with van der Waals surface area (Å²) in [5.74, 6) is -0.0918. The second kappa shape index (κ2) is 9.82. The average molecular weight is 415 g/mol. The Balaban J connectivity index is 1.87. The number of pyridine rings is 1. The molecule has 9 heteroatoms. The average Bonchev–Trinajstić information content (AvgIpc) is 2.89. The molecule has 30 heavy (non-hydrogen) atoms. The number of aromatic nitrogens is 1. The van der Waals surface area contributed by atoms with E-state index >= 15 is 0 Å². The van der Waals surface area contributed by atoms with Crippen LogP contribution in [-0.2, 0) is 9.63 Å². The van der Waals surface area contributed by atoms with Gasteiger partial charge in [0.1, 0.15) is 5.84 Å². The maximum Gasteiger partial charge on any atom is 0.273 e. The summed E-state index contributed by atoms with van der Waals surface area (Å²) in [6.07, 6.45) is 5.96. The Hall–Kier alpha value is -2.78. The predicted octanol–water partition coefficient (Wildman–Crippen LogP) is 1.61. The van der Waals surface area contributed by atoms with Crippen molar-refractivity contribution in [2.75, 3.05) is 26.2 Å². The van der Waals surface area contributed by atoms with Crippen molar-refractivity contribution in [2.24, 2.45) is 16.5 Å². The lowest BCUT2D eigenvalue weighted by Gasteiger charge is -2.30. The number of aliphatic imine (C=N–C) groups is 1. The number of hydrogen-bond donors (Lipinski definition) is 2. The minimum Gasteiger partial charge on any atom is -0.387 e. The van der Waals surface area contributed by atoms with Gasteiger partial charge in [-0.15, -0.1) is 0 Å². The molecule has 0 saturated carbocycles. The number of carbonyl (C=O) groups excluding carboxylic acids is 2. The summed E-state index contributed by atoms with van der Waals surface area (Å²) in [6, 6.07) is 1.67. The van der Waals surface area contributed by atoms with E-state index in [0.717, 1.165) is 19.3 Å². The highest BCUT2D eigenvalue weighted by molar-refractivity contribution is 6.05. The van der Waals surface area contributed by atoms with Crippen LogP contribution < -0.4 is 11.5 Å². The van der Waals surface area contributed by atoms with Gasteiger partial charge in [-0.1, -0.05) is 6.92 Å². The van der Waals surface area contributed by atoms with Crippen LogP contribution >= 0.6 is 0 Å². The van der Waals surface area contributed by atoms with Gasteiger partial charge in [0.2, 0.25) is 0 Å². The van der Waals surface area contributed by atoms with E-state index in [1.54, 1.807) is 17.0 Å². The van der Waals surface area contributed by atoms with E-state index in [9.17, 15) is 9.59 Å². The molecule has 1 aromatic heterocycles. The number of nitrogens with two attached hydrogens (primary N) is 2. The number of hydroxylamine groups is 2. The molecule has 2 aliphatic rings. The molecule has 162 valence electrons. The van der Waals surface area contributed by atoms with Crippen molar-refractivity contribution in [1.82, 2.24) is 14.9 Å². The molecule has 1 saturated heterocycles. The molecule has 4 N–H and O–H groups in total. The van der Waals surface area contributed by atoms with Gasteiger partial charge in [0.25, 0.3) is 11.8 Å². The molecule has 2 amide bonds. The summed E-state index contributed by atoms with van der Waals surface area (Å²) < 4.78 is 0. The van der Waals surface area contributed by atoms with Gasteiger partial charge in [-0.05, 0) is 38.3 Å². The van der Waals surface area contributed by atoms with Crippen LogP contribution in [0.15, 0.2) is 22.8 Å². The van der Waals surface area contributed by atoms with Gasteiger partial charge >= 0.3 is 0 Å². The third kappa shape index (κ3) is 5.03. The normalized spacial score (nSPS) is 18.8. The second-order valence-electron chi connectivity index (χ2n) is 7.56. The highest BCUT2D eigenvalue weighted by Gasteiger charge is 2.25. The first-order valence-electron chi connectivity index (χ1n) is 10.5. The Morgan fingerprint density at radius 3 is 2.87 bits per heavy atom. The van der Waals surface area contributed by atoms with Gasteiger partial charge in [-0.25, -0.2) is 10.1 Å². The highest BCUT2D eigenvalue weighted by atomic mass is 16.7. The Bertz CT molecular complexity index is 860. The van der Waals surface area contributed by atoms with Crippen LogP contribution in [0.25, 0.3) is 6.08 Å². The van der Waals surface area contributed by atoms with Crippen LogP contribution in [0.1, 0.15) is 55.6 Å². The van der Waals surface area contributed by atoms with Crippen LogP contribution in [0, 0.1) is 0 Å². The monoisotopic (exact) mass is 414 g/mol. The van der Waals surface area contributed by atoms with Gasteiger partial charge in [0.05, 0.1) is 23.6 Å². The van der Waals surface area contributed by atoms with E-state index in [1.165, 1.54) is 11.3 Å². The standard InChI is InChI=1S/C21H30N6O3/c1-3-7-27(30-4-2)21(29)14-9-17-18(25-19(23)11-14)10-15(12-24-17)20(28)26-8-5-6-16(22)13-26/h9-10,12,16H,3-8,11,13,22H2,1-2H3,(H2,23,25)/t16-/m1/s1. The molecule has 0 unspecified atom stereocenters. The zero-order chi connectivity index (χ0) is 21.7. The molecule has 0 spiro atoms. The van der Waals surface area contributed by atoms with Crippen molar-refractivity contribution in [3.63, 3.8) is 0 Å². The van der Waals surface area contributed by atoms with Crippen LogP contribution in [0.3, 0.4) is 0 Å². The molecule has 9 nitrogen and oxygen atoms in total. The fourth-order valence-electron chi connectivity index (χ4n) is 3.65. The Morgan fingerprint density at radius 1 is 1.37 bits per heavy atom. The summed E-state index contributed by atoms with van der Waals surface area (Å²) in [6.45, 7) is 5.89. The molecule has 1 fully saturated rings. The Kier molecular flexibility index (Phi) is 7.17. The van der Waals surface area contributed by atoms with Gasteiger partial charge in [-0.2, -0.15) is 0 Å². The van der Waals surface area contributed by atoms with E-state index in [2.05, 4.69) is 9.98 Å². The SMILES string of the molecule is CCCN(OCC)C(=O)C1=Cc2ncc(C(=O)N3CCC[C@@H](N)C3)cc2N=C(N)C1. The maximum absolute atomic E-state index is 12.9.